The highest BCUT2D eigenvalue weighted by Gasteiger charge is 2.27. The number of hydrogen-bond donors (Lipinski definition) is 2. The molecule has 2 N–H and O–H groups in total. The van der Waals surface area contributed by atoms with E-state index in [1.807, 2.05) is 12.1 Å². The zero-order valence-corrected chi connectivity index (χ0v) is 16.5. The molecule has 25 heavy (non-hydrogen) atoms. The summed E-state index contributed by atoms with van der Waals surface area (Å²) in [5, 5.41) is 20.4. The summed E-state index contributed by atoms with van der Waals surface area (Å²) < 4.78 is 0. The third kappa shape index (κ3) is 4.75. The van der Waals surface area contributed by atoms with Gasteiger partial charge in [0, 0.05) is 19.5 Å². The van der Waals surface area contributed by atoms with Crippen molar-refractivity contribution in [2.75, 3.05) is 13.1 Å². The van der Waals surface area contributed by atoms with Crippen molar-refractivity contribution in [3.63, 3.8) is 0 Å². The zero-order valence-electron chi connectivity index (χ0n) is 16.5. The molecule has 0 unspecified atom stereocenters. The Labute approximate surface area is 151 Å². The molecule has 1 amide bonds. The van der Waals surface area contributed by atoms with Crippen molar-refractivity contribution in [2.24, 2.45) is 0 Å². The Morgan fingerprint density at radius 3 is 2.04 bits per heavy atom. The molecule has 0 radical (unpaired) electrons. The number of phenolic OH excluding ortho intramolecular Hbond substituents is 1. The van der Waals surface area contributed by atoms with Crippen LogP contribution in [-0.2, 0) is 22.0 Å². The second-order valence-electron chi connectivity index (χ2n) is 9.32. The summed E-state index contributed by atoms with van der Waals surface area (Å²) >= 11 is 0. The normalized spacial score (nSPS) is 18.7. The maximum Gasteiger partial charge on any atom is 0.222 e. The van der Waals surface area contributed by atoms with Gasteiger partial charge in [-0.1, -0.05) is 53.7 Å². The molecule has 1 aliphatic rings. The Balaban J connectivity index is 2.24. The number of carbonyl (C=O) groups is 1. The summed E-state index contributed by atoms with van der Waals surface area (Å²) in [7, 11) is 0. The predicted octanol–water partition coefficient (Wildman–Crippen LogP) is 3.51. The number of nitrogens with zero attached hydrogens (tertiary/aromatic N) is 1. The van der Waals surface area contributed by atoms with Gasteiger partial charge >= 0.3 is 0 Å². The molecule has 0 saturated carbocycles. The van der Waals surface area contributed by atoms with Crippen LogP contribution in [0.1, 0.15) is 71.1 Å². The number of carbonyl (C=O) groups excluding carboxylic acids is 1. The molecule has 1 aromatic carbocycles. The minimum Gasteiger partial charge on any atom is -0.507 e. The lowest BCUT2D eigenvalue weighted by atomic mass is 9.78. The second kappa shape index (κ2) is 6.99. The lowest BCUT2D eigenvalue weighted by molar-refractivity contribution is -0.130. The van der Waals surface area contributed by atoms with Crippen LogP contribution in [0.25, 0.3) is 0 Å². The first-order chi connectivity index (χ1) is 11.4. The smallest absolute Gasteiger partial charge is 0.222 e. The van der Waals surface area contributed by atoms with Crippen LogP contribution in [0.4, 0.5) is 0 Å². The monoisotopic (exact) mass is 347 g/mol. The van der Waals surface area contributed by atoms with Crippen molar-refractivity contribution in [1.82, 2.24) is 4.90 Å². The van der Waals surface area contributed by atoms with Crippen molar-refractivity contribution < 1.29 is 15.0 Å². The first kappa shape index (κ1) is 19.8. The summed E-state index contributed by atoms with van der Waals surface area (Å²) in [6, 6.07) is 4.08. The first-order valence-corrected chi connectivity index (χ1v) is 9.22. The number of hydrogen-bond acceptors (Lipinski definition) is 3. The number of aliphatic hydroxyl groups is 1. The average Bonchev–Trinajstić information content (AvgIpc) is 2.90. The van der Waals surface area contributed by atoms with Gasteiger partial charge < -0.3 is 15.1 Å². The van der Waals surface area contributed by atoms with Gasteiger partial charge in [-0.3, -0.25) is 4.79 Å². The predicted molar refractivity (Wildman–Crippen MR) is 101 cm³/mol. The molecule has 1 fully saturated rings. The number of likely N-dealkylation sites (tertiary alicyclic amines) is 1. The Morgan fingerprint density at radius 1 is 1.12 bits per heavy atom. The van der Waals surface area contributed by atoms with Gasteiger partial charge in [-0.2, -0.15) is 0 Å². The van der Waals surface area contributed by atoms with E-state index in [0.29, 0.717) is 38.1 Å². The SMILES string of the molecule is CC(C)(C)c1cc(CCC(=O)N2CC[C@@H](O)C2)cc(C(C)(C)C)c1O. The number of rotatable bonds is 3. The highest BCUT2D eigenvalue weighted by molar-refractivity contribution is 5.76. The molecule has 1 aliphatic heterocycles. The molecule has 1 atom stereocenters. The molecule has 140 valence electrons. The highest BCUT2D eigenvalue weighted by atomic mass is 16.3. The van der Waals surface area contributed by atoms with E-state index in [1.165, 1.54) is 0 Å². The van der Waals surface area contributed by atoms with Crippen molar-refractivity contribution in [3.8, 4) is 5.75 Å². The minimum atomic E-state index is -0.377. The van der Waals surface area contributed by atoms with Crippen molar-refractivity contribution in [3.05, 3.63) is 28.8 Å². The maximum atomic E-state index is 12.4. The third-order valence-electron chi connectivity index (χ3n) is 4.93. The van der Waals surface area contributed by atoms with Crippen LogP contribution >= 0.6 is 0 Å². The van der Waals surface area contributed by atoms with Gasteiger partial charge in [0.2, 0.25) is 5.91 Å². The standard InChI is InChI=1S/C21H33NO3/c1-20(2,3)16-11-14(12-17(19(16)25)21(4,5)6)7-8-18(24)22-10-9-15(23)13-22/h11-12,15,23,25H,7-10,13H2,1-6H3/t15-/m1/s1. The fourth-order valence-electron chi connectivity index (χ4n) is 3.36. The van der Waals surface area contributed by atoms with Crippen LogP contribution in [-0.4, -0.2) is 40.2 Å². The minimum absolute atomic E-state index is 0.0965. The number of benzene rings is 1. The zero-order chi connectivity index (χ0) is 19.0. The molecule has 0 aromatic heterocycles. The number of phenols is 1. The molecule has 0 bridgehead atoms. The van der Waals surface area contributed by atoms with Crippen LogP contribution < -0.4 is 0 Å². The quantitative estimate of drug-likeness (QED) is 0.879. The fraction of sp³-hybridized carbons (Fsp3) is 0.667. The molecule has 4 heteroatoms. The molecular weight excluding hydrogens is 314 g/mol. The lowest BCUT2D eigenvalue weighted by Crippen LogP contribution is -2.29. The Morgan fingerprint density at radius 2 is 1.64 bits per heavy atom. The van der Waals surface area contributed by atoms with Crippen LogP contribution in [0.5, 0.6) is 5.75 Å². The van der Waals surface area contributed by atoms with Gasteiger partial charge in [-0.25, -0.2) is 0 Å². The molecule has 1 aromatic rings. The summed E-state index contributed by atoms with van der Waals surface area (Å²) in [4.78, 5) is 14.1. The molecule has 1 saturated heterocycles. The largest absolute Gasteiger partial charge is 0.507 e. The Kier molecular flexibility index (Phi) is 5.53. The number of amides is 1. The van der Waals surface area contributed by atoms with E-state index in [0.717, 1.165) is 16.7 Å². The van der Waals surface area contributed by atoms with E-state index in [-0.39, 0.29) is 22.8 Å². The summed E-state index contributed by atoms with van der Waals surface area (Å²) in [6.45, 7) is 13.7. The molecule has 0 aliphatic carbocycles. The highest BCUT2D eigenvalue weighted by Crippen LogP contribution is 2.40. The van der Waals surface area contributed by atoms with Crippen molar-refractivity contribution in [2.45, 2.75) is 77.7 Å². The summed E-state index contributed by atoms with van der Waals surface area (Å²) in [5.74, 6) is 0.469. The van der Waals surface area contributed by atoms with E-state index in [9.17, 15) is 15.0 Å². The average molecular weight is 347 g/mol. The van der Waals surface area contributed by atoms with Crippen LogP contribution in [0.2, 0.25) is 0 Å². The van der Waals surface area contributed by atoms with Crippen molar-refractivity contribution >= 4 is 5.91 Å². The molecule has 2 rings (SSSR count). The maximum absolute atomic E-state index is 12.4. The molecular formula is C21H33NO3. The van der Waals surface area contributed by atoms with E-state index in [4.69, 9.17) is 0 Å². The number of β-amino-alcohol motifs (C(OH)–C–C–N with tert-alkyl or cyclic N) is 1. The summed E-state index contributed by atoms with van der Waals surface area (Å²) in [5.41, 5.74) is 2.62. The number of aromatic hydroxyl groups is 1. The molecule has 4 nitrogen and oxygen atoms in total. The van der Waals surface area contributed by atoms with Crippen molar-refractivity contribution in [1.29, 1.82) is 0 Å². The van der Waals surface area contributed by atoms with E-state index < -0.39 is 0 Å². The summed E-state index contributed by atoms with van der Waals surface area (Å²) in [6.07, 6.45) is 1.38. The Hall–Kier alpha value is -1.55. The number of aryl methyl sites for hydroxylation is 1. The van der Waals surface area contributed by atoms with Gasteiger partial charge in [0.1, 0.15) is 5.75 Å². The molecule has 0 spiro atoms. The van der Waals surface area contributed by atoms with Gasteiger partial charge in [0.05, 0.1) is 6.10 Å². The third-order valence-corrected chi connectivity index (χ3v) is 4.93. The lowest BCUT2D eigenvalue weighted by Gasteiger charge is -2.28. The van der Waals surface area contributed by atoms with E-state index in [1.54, 1.807) is 4.90 Å². The number of aliphatic hydroxyl groups excluding tert-OH is 1. The van der Waals surface area contributed by atoms with Gasteiger partial charge in [0.25, 0.3) is 0 Å². The Bertz CT molecular complexity index is 603. The second-order valence-corrected chi connectivity index (χ2v) is 9.32. The fourth-order valence-corrected chi connectivity index (χ4v) is 3.36. The first-order valence-electron chi connectivity index (χ1n) is 9.22. The van der Waals surface area contributed by atoms with Gasteiger partial charge in [-0.05, 0) is 40.4 Å². The van der Waals surface area contributed by atoms with E-state index >= 15 is 0 Å². The van der Waals surface area contributed by atoms with Crippen LogP contribution in [0.3, 0.4) is 0 Å². The van der Waals surface area contributed by atoms with Crippen LogP contribution in [0.15, 0.2) is 12.1 Å². The van der Waals surface area contributed by atoms with Crippen LogP contribution in [0, 0.1) is 0 Å². The molecule has 1 heterocycles. The van der Waals surface area contributed by atoms with Gasteiger partial charge in [-0.15, -0.1) is 0 Å². The topological polar surface area (TPSA) is 60.8 Å². The van der Waals surface area contributed by atoms with E-state index in [2.05, 4.69) is 41.5 Å². The van der Waals surface area contributed by atoms with Gasteiger partial charge in [0.15, 0.2) is 0 Å².